The van der Waals surface area contributed by atoms with Crippen molar-refractivity contribution in [3.05, 3.63) is 23.1 Å². The van der Waals surface area contributed by atoms with Crippen LogP contribution in [0.3, 0.4) is 0 Å². The van der Waals surface area contributed by atoms with Crippen molar-refractivity contribution in [1.82, 2.24) is 4.31 Å². The lowest BCUT2D eigenvalue weighted by Gasteiger charge is -2.26. The Labute approximate surface area is 129 Å². The summed E-state index contributed by atoms with van der Waals surface area (Å²) >= 11 is 0. The Kier molecular flexibility index (Phi) is 9.77. The van der Waals surface area contributed by atoms with Gasteiger partial charge in [-0.25, -0.2) is 8.42 Å². The maximum Gasteiger partial charge on any atom is 0.242 e. The predicted molar refractivity (Wildman–Crippen MR) is 88.3 cm³/mol. The van der Waals surface area contributed by atoms with Crippen LogP contribution in [0.5, 0.6) is 0 Å². The molecule has 0 saturated carbocycles. The first kappa shape index (κ1) is 20.3. The maximum atomic E-state index is 12.8. The molecule has 0 spiro atoms. The zero-order chi connectivity index (χ0) is 16.5. The lowest BCUT2D eigenvalue weighted by Crippen LogP contribution is -2.39. The predicted octanol–water partition coefficient (Wildman–Crippen LogP) is 1.98. The number of hydrogen-bond donors (Lipinski definition) is 1. The lowest BCUT2D eigenvalue weighted by molar-refractivity contribution is 0.234. The van der Waals surface area contributed by atoms with E-state index in [0.717, 1.165) is 0 Å². The molecule has 1 unspecified atom stereocenters. The lowest BCUT2D eigenvalue weighted by atomic mass is 10.1. The summed E-state index contributed by atoms with van der Waals surface area (Å²) in [4.78, 5) is 0.296. The molecular weight excluding hydrogens is 288 g/mol. The van der Waals surface area contributed by atoms with Gasteiger partial charge >= 0.3 is 0 Å². The number of ether oxygens (including phenoxy) is 1. The fraction of sp³-hybridized carbons (Fsp3) is 0.733. The van der Waals surface area contributed by atoms with E-state index >= 15 is 0 Å². The van der Waals surface area contributed by atoms with Crippen molar-refractivity contribution in [2.24, 2.45) is 17.6 Å². The van der Waals surface area contributed by atoms with Crippen LogP contribution in [-0.4, -0.2) is 46.1 Å². The molecule has 0 amide bonds. The van der Waals surface area contributed by atoms with Crippen molar-refractivity contribution in [1.29, 1.82) is 0 Å². The Balaban J connectivity index is 5.31. The number of sulfonamides is 1. The molecule has 124 valence electrons. The fourth-order valence-corrected chi connectivity index (χ4v) is 3.65. The molecule has 0 bridgehead atoms. The topological polar surface area (TPSA) is 72.6 Å². The highest BCUT2D eigenvalue weighted by Gasteiger charge is 2.26. The minimum absolute atomic E-state index is 0.125. The molecule has 0 radical (unpaired) electrons. The highest BCUT2D eigenvalue weighted by molar-refractivity contribution is 7.93. The Hall–Kier alpha value is -0.690. The minimum atomic E-state index is -3.50. The monoisotopic (exact) mass is 318 g/mol. The van der Waals surface area contributed by atoms with Gasteiger partial charge in [-0.15, -0.1) is 0 Å². The van der Waals surface area contributed by atoms with Crippen molar-refractivity contribution in [3.63, 3.8) is 0 Å². The summed E-state index contributed by atoms with van der Waals surface area (Å²) < 4.78 is 32.0. The van der Waals surface area contributed by atoms with Gasteiger partial charge in [0.1, 0.15) is 0 Å². The van der Waals surface area contributed by atoms with Gasteiger partial charge in [-0.3, -0.25) is 0 Å². The molecule has 1 atom stereocenters. The van der Waals surface area contributed by atoms with E-state index in [-0.39, 0.29) is 11.8 Å². The van der Waals surface area contributed by atoms with Gasteiger partial charge in [0.15, 0.2) is 0 Å². The highest BCUT2D eigenvalue weighted by atomic mass is 32.2. The molecule has 0 aromatic heterocycles. The molecule has 0 aliphatic heterocycles. The van der Waals surface area contributed by atoms with E-state index in [1.54, 1.807) is 32.3 Å². The van der Waals surface area contributed by atoms with E-state index in [4.69, 9.17) is 10.5 Å². The van der Waals surface area contributed by atoms with Gasteiger partial charge in [0, 0.05) is 20.2 Å². The van der Waals surface area contributed by atoms with Crippen LogP contribution < -0.4 is 5.73 Å². The van der Waals surface area contributed by atoms with Crippen LogP contribution in [0.25, 0.3) is 0 Å². The van der Waals surface area contributed by atoms with Gasteiger partial charge in [-0.05, 0) is 31.4 Å². The fourth-order valence-electron chi connectivity index (χ4n) is 1.84. The van der Waals surface area contributed by atoms with Crippen LogP contribution in [0.4, 0.5) is 0 Å². The van der Waals surface area contributed by atoms with Crippen molar-refractivity contribution in [2.45, 2.75) is 27.7 Å². The second-order valence-corrected chi connectivity index (χ2v) is 7.54. The molecule has 21 heavy (non-hydrogen) atoms. The third-order valence-electron chi connectivity index (χ3n) is 2.95. The Bertz CT molecular complexity index is 442. The molecule has 0 rings (SSSR count). The van der Waals surface area contributed by atoms with Crippen LogP contribution in [0, 0.1) is 11.8 Å². The Morgan fingerprint density at radius 2 is 1.90 bits per heavy atom. The second kappa shape index (κ2) is 10.1. The van der Waals surface area contributed by atoms with Crippen LogP contribution in [0.15, 0.2) is 23.1 Å². The van der Waals surface area contributed by atoms with Crippen LogP contribution >= 0.6 is 0 Å². The zero-order valence-corrected chi connectivity index (χ0v) is 14.7. The Morgan fingerprint density at radius 1 is 1.29 bits per heavy atom. The van der Waals surface area contributed by atoms with Gasteiger partial charge in [-0.1, -0.05) is 32.9 Å². The number of nitrogens with zero attached hydrogens (tertiary/aromatic N) is 1. The van der Waals surface area contributed by atoms with E-state index in [1.807, 2.05) is 20.8 Å². The molecular formula is C15H30N2O3S. The number of methoxy groups -OCH3 is 1. The summed E-state index contributed by atoms with van der Waals surface area (Å²) in [6, 6.07) is 0. The van der Waals surface area contributed by atoms with Crippen molar-refractivity contribution >= 4 is 10.0 Å². The number of nitrogens with two attached hydrogens (primary N) is 1. The second-order valence-electron chi connectivity index (χ2n) is 5.61. The van der Waals surface area contributed by atoms with Gasteiger partial charge in [0.2, 0.25) is 10.0 Å². The van der Waals surface area contributed by atoms with E-state index in [0.29, 0.717) is 31.1 Å². The standard InChI is InChI=1S/C15H30N2O3S/c1-6-15(8-7-9-20-5)21(18,19)17(11-13(2)3)12-14(4)10-16/h6-8,13-14H,9-12,16H2,1-5H3/b8-7-,15-6+. The summed E-state index contributed by atoms with van der Waals surface area (Å²) in [5.41, 5.74) is 5.63. The van der Waals surface area contributed by atoms with Crippen molar-refractivity contribution in [2.75, 3.05) is 33.4 Å². The normalized spacial score (nSPS) is 15.3. The average molecular weight is 318 g/mol. The smallest absolute Gasteiger partial charge is 0.242 e. The molecule has 0 saturated heterocycles. The molecule has 0 aromatic carbocycles. The van der Waals surface area contributed by atoms with E-state index in [2.05, 4.69) is 0 Å². The largest absolute Gasteiger partial charge is 0.381 e. The van der Waals surface area contributed by atoms with Crippen LogP contribution in [0.1, 0.15) is 27.7 Å². The van der Waals surface area contributed by atoms with E-state index in [9.17, 15) is 8.42 Å². The SMILES string of the molecule is C/C=C(\C=C/COC)S(=O)(=O)N(CC(C)C)CC(C)CN. The molecule has 0 fully saturated rings. The van der Waals surface area contributed by atoms with Crippen LogP contribution in [0.2, 0.25) is 0 Å². The van der Waals surface area contributed by atoms with E-state index < -0.39 is 10.0 Å². The molecule has 0 aromatic rings. The molecule has 6 heteroatoms. The summed E-state index contributed by atoms with van der Waals surface area (Å²) in [5, 5.41) is 0. The Morgan fingerprint density at radius 3 is 2.33 bits per heavy atom. The van der Waals surface area contributed by atoms with Crippen molar-refractivity contribution in [3.8, 4) is 0 Å². The van der Waals surface area contributed by atoms with Gasteiger partial charge in [-0.2, -0.15) is 4.31 Å². The maximum absolute atomic E-state index is 12.8. The molecule has 0 aliphatic rings. The first-order valence-corrected chi connectivity index (χ1v) is 8.75. The van der Waals surface area contributed by atoms with Gasteiger partial charge < -0.3 is 10.5 Å². The number of rotatable bonds is 10. The number of allylic oxidation sites excluding steroid dienone is 2. The molecule has 0 aliphatic carbocycles. The van der Waals surface area contributed by atoms with Gasteiger partial charge in [0.25, 0.3) is 0 Å². The number of hydrogen-bond acceptors (Lipinski definition) is 4. The van der Waals surface area contributed by atoms with E-state index in [1.165, 1.54) is 4.31 Å². The molecule has 0 heterocycles. The highest BCUT2D eigenvalue weighted by Crippen LogP contribution is 2.18. The average Bonchev–Trinajstić information content (AvgIpc) is 2.41. The first-order chi connectivity index (χ1) is 9.79. The van der Waals surface area contributed by atoms with Gasteiger partial charge in [0.05, 0.1) is 11.5 Å². The summed E-state index contributed by atoms with van der Waals surface area (Å²) in [6.07, 6.45) is 4.91. The third kappa shape index (κ3) is 7.22. The first-order valence-electron chi connectivity index (χ1n) is 7.31. The third-order valence-corrected chi connectivity index (χ3v) is 4.90. The summed E-state index contributed by atoms with van der Waals surface area (Å²) in [6.45, 7) is 9.47. The molecule has 2 N–H and O–H groups in total. The van der Waals surface area contributed by atoms with Crippen LogP contribution in [-0.2, 0) is 14.8 Å². The quantitative estimate of drug-likeness (QED) is 0.625. The summed E-state index contributed by atoms with van der Waals surface area (Å²) in [5.74, 6) is 0.380. The molecule has 5 nitrogen and oxygen atoms in total. The summed E-state index contributed by atoms with van der Waals surface area (Å²) in [7, 11) is -1.93. The van der Waals surface area contributed by atoms with Crippen molar-refractivity contribution < 1.29 is 13.2 Å². The zero-order valence-electron chi connectivity index (χ0n) is 13.9. The minimum Gasteiger partial charge on any atom is -0.381 e.